The number of anilines is 2. The Morgan fingerprint density at radius 1 is 0.903 bits per heavy atom. The van der Waals surface area contributed by atoms with Crippen molar-refractivity contribution in [3.63, 3.8) is 0 Å². The van der Waals surface area contributed by atoms with E-state index in [4.69, 9.17) is 0 Å². The standard InChI is InChI=1S/C25H29N5O/c1-28(19-21-5-3-2-4-6-21)24-9-7-23(8-10-24)27-25(31)30-17-15-29(16-18-30)20-22-11-13-26-14-12-22/h2-14H,15-20H2,1H3,(H,27,31). The predicted octanol–water partition coefficient (Wildman–Crippen LogP) is 4.07. The summed E-state index contributed by atoms with van der Waals surface area (Å²) in [7, 11) is 2.08. The van der Waals surface area contributed by atoms with E-state index in [1.807, 2.05) is 59.8 Å². The summed E-state index contributed by atoms with van der Waals surface area (Å²) in [6.07, 6.45) is 3.65. The minimum Gasteiger partial charge on any atom is -0.370 e. The zero-order valence-corrected chi connectivity index (χ0v) is 17.9. The van der Waals surface area contributed by atoms with Crippen molar-refractivity contribution >= 4 is 17.4 Å². The van der Waals surface area contributed by atoms with E-state index in [1.54, 1.807) is 0 Å². The minimum absolute atomic E-state index is 0.0334. The van der Waals surface area contributed by atoms with Crippen molar-refractivity contribution in [3.8, 4) is 0 Å². The van der Waals surface area contributed by atoms with Crippen LogP contribution in [0.2, 0.25) is 0 Å². The van der Waals surface area contributed by atoms with Gasteiger partial charge in [0.15, 0.2) is 0 Å². The molecule has 1 aromatic heterocycles. The van der Waals surface area contributed by atoms with Gasteiger partial charge in [-0.3, -0.25) is 9.88 Å². The zero-order valence-electron chi connectivity index (χ0n) is 17.9. The fraction of sp³-hybridized carbons (Fsp3) is 0.280. The van der Waals surface area contributed by atoms with Gasteiger partial charge in [0.25, 0.3) is 0 Å². The summed E-state index contributed by atoms with van der Waals surface area (Å²) in [4.78, 5) is 23.2. The molecule has 2 amide bonds. The van der Waals surface area contributed by atoms with Crippen molar-refractivity contribution in [1.29, 1.82) is 0 Å². The highest BCUT2D eigenvalue weighted by molar-refractivity contribution is 5.89. The van der Waals surface area contributed by atoms with Gasteiger partial charge in [0.05, 0.1) is 0 Å². The third kappa shape index (κ3) is 5.83. The van der Waals surface area contributed by atoms with Crippen LogP contribution in [0.15, 0.2) is 79.1 Å². The van der Waals surface area contributed by atoms with Gasteiger partial charge in [0.2, 0.25) is 0 Å². The van der Waals surface area contributed by atoms with Crippen LogP contribution in [0.3, 0.4) is 0 Å². The number of pyridine rings is 1. The summed E-state index contributed by atoms with van der Waals surface area (Å²) in [6.45, 7) is 4.95. The summed E-state index contributed by atoms with van der Waals surface area (Å²) in [6, 6.07) is 22.5. The van der Waals surface area contributed by atoms with E-state index in [9.17, 15) is 4.79 Å². The number of hydrogen-bond acceptors (Lipinski definition) is 4. The Kier molecular flexibility index (Phi) is 6.79. The fourth-order valence-corrected chi connectivity index (χ4v) is 3.81. The van der Waals surface area contributed by atoms with E-state index in [2.05, 4.69) is 51.4 Å². The highest BCUT2D eigenvalue weighted by atomic mass is 16.2. The third-order valence-electron chi connectivity index (χ3n) is 5.64. The maximum atomic E-state index is 12.7. The number of benzene rings is 2. The molecule has 1 aliphatic rings. The molecule has 4 rings (SSSR count). The van der Waals surface area contributed by atoms with Gasteiger partial charge >= 0.3 is 6.03 Å². The van der Waals surface area contributed by atoms with E-state index < -0.39 is 0 Å². The number of aromatic nitrogens is 1. The molecule has 0 atom stereocenters. The lowest BCUT2D eigenvalue weighted by molar-refractivity contribution is 0.143. The average molecular weight is 416 g/mol. The number of rotatable bonds is 6. The Morgan fingerprint density at radius 2 is 1.58 bits per heavy atom. The van der Waals surface area contributed by atoms with Crippen LogP contribution in [0, 0.1) is 0 Å². The van der Waals surface area contributed by atoms with Crippen LogP contribution in [-0.4, -0.2) is 54.0 Å². The van der Waals surface area contributed by atoms with Crippen LogP contribution in [-0.2, 0) is 13.1 Å². The normalized spacial score (nSPS) is 14.3. The summed E-state index contributed by atoms with van der Waals surface area (Å²) >= 11 is 0. The topological polar surface area (TPSA) is 51.7 Å². The quantitative estimate of drug-likeness (QED) is 0.659. The van der Waals surface area contributed by atoms with Crippen LogP contribution in [0.4, 0.5) is 16.2 Å². The summed E-state index contributed by atoms with van der Waals surface area (Å²) in [5.41, 5.74) is 4.46. The number of carbonyl (C=O) groups excluding carboxylic acids is 1. The van der Waals surface area contributed by atoms with E-state index in [0.717, 1.165) is 50.6 Å². The molecule has 0 saturated carbocycles. The molecule has 6 heteroatoms. The largest absolute Gasteiger partial charge is 0.370 e. The molecule has 3 aromatic rings. The molecule has 1 fully saturated rings. The predicted molar refractivity (Wildman–Crippen MR) is 125 cm³/mol. The first-order valence-corrected chi connectivity index (χ1v) is 10.7. The zero-order chi connectivity index (χ0) is 21.5. The highest BCUT2D eigenvalue weighted by Crippen LogP contribution is 2.19. The van der Waals surface area contributed by atoms with Gasteiger partial charge in [-0.1, -0.05) is 30.3 Å². The van der Waals surface area contributed by atoms with E-state index in [0.29, 0.717) is 0 Å². The van der Waals surface area contributed by atoms with E-state index in [-0.39, 0.29) is 6.03 Å². The second-order valence-electron chi connectivity index (χ2n) is 7.94. The molecule has 2 heterocycles. The molecular formula is C25H29N5O. The van der Waals surface area contributed by atoms with Gasteiger partial charge < -0.3 is 15.1 Å². The van der Waals surface area contributed by atoms with Gasteiger partial charge in [-0.25, -0.2) is 4.79 Å². The first kappa shape index (κ1) is 20.9. The van der Waals surface area contributed by atoms with Crippen molar-refractivity contribution in [3.05, 3.63) is 90.3 Å². The molecule has 160 valence electrons. The molecular weight excluding hydrogens is 386 g/mol. The molecule has 0 spiro atoms. The van der Waals surface area contributed by atoms with Crippen molar-refractivity contribution in [1.82, 2.24) is 14.8 Å². The molecule has 6 nitrogen and oxygen atoms in total. The monoisotopic (exact) mass is 415 g/mol. The Bertz CT molecular complexity index is 954. The van der Waals surface area contributed by atoms with Crippen molar-refractivity contribution < 1.29 is 4.79 Å². The molecule has 31 heavy (non-hydrogen) atoms. The second kappa shape index (κ2) is 10.1. The number of nitrogens with zero attached hydrogens (tertiary/aromatic N) is 4. The lowest BCUT2D eigenvalue weighted by Gasteiger charge is -2.34. The molecule has 1 saturated heterocycles. The molecule has 0 aliphatic carbocycles. The molecule has 0 radical (unpaired) electrons. The number of piperazine rings is 1. The van der Waals surface area contributed by atoms with Crippen molar-refractivity contribution in [2.75, 3.05) is 43.4 Å². The first-order chi connectivity index (χ1) is 15.2. The Morgan fingerprint density at radius 3 is 2.26 bits per heavy atom. The van der Waals surface area contributed by atoms with Crippen molar-refractivity contribution in [2.24, 2.45) is 0 Å². The van der Waals surface area contributed by atoms with Crippen LogP contribution in [0.5, 0.6) is 0 Å². The number of amides is 2. The Hall–Kier alpha value is -3.38. The number of hydrogen-bond donors (Lipinski definition) is 1. The Balaban J connectivity index is 1.25. The maximum absolute atomic E-state index is 12.7. The molecule has 0 unspecified atom stereocenters. The van der Waals surface area contributed by atoms with Crippen LogP contribution < -0.4 is 10.2 Å². The lowest BCUT2D eigenvalue weighted by Crippen LogP contribution is -2.49. The molecule has 1 aliphatic heterocycles. The SMILES string of the molecule is CN(Cc1ccccc1)c1ccc(NC(=O)N2CCN(Cc3ccncc3)CC2)cc1. The average Bonchev–Trinajstić information content (AvgIpc) is 2.81. The smallest absolute Gasteiger partial charge is 0.321 e. The van der Waals surface area contributed by atoms with Crippen molar-refractivity contribution in [2.45, 2.75) is 13.1 Å². The van der Waals surface area contributed by atoms with Crippen LogP contribution in [0.25, 0.3) is 0 Å². The van der Waals surface area contributed by atoms with Crippen LogP contribution in [0.1, 0.15) is 11.1 Å². The molecule has 0 bridgehead atoms. The number of nitrogens with one attached hydrogen (secondary N) is 1. The van der Waals surface area contributed by atoms with Gasteiger partial charge in [-0.2, -0.15) is 0 Å². The number of urea groups is 1. The van der Waals surface area contributed by atoms with E-state index in [1.165, 1.54) is 11.1 Å². The van der Waals surface area contributed by atoms with Gasteiger partial charge in [0.1, 0.15) is 0 Å². The number of carbonyl (C=O) groups is 1. The van der Waals surface area contributed by atoms with Gasteiger partial charge in [-0.05, 0) is 47.5 Å². The summed E-state index contributed by atoms with van der Waals surface area (Å²) in [5.74, 6) is 0. The van der Waals surface area contributed by atoms with E-state index >= 15 is 0 Å². The summed E-state index contributed by atoms with van der Waals surface area (Å²) < 4.78 is 0. The minimum atomic E-state index is -0.0334. The van der Waals surface area contributed by atoms with Crippen LogP contribution >= 0.6 is 0 Å². The first-order valence-electron chi connectivity index (χ1n) is 10.7. The summed E-state index contributed by atoms with van der Waals surface area (Å²) in [5, 5.41) is 3.03. The van der Waals surface area contributed by atoms with Gasteiger partial charge in [-0.15, -0.1) is 0 Å². The molecule has 2 aromatic carbocycles. The maximum Gasteiger partial charge on any atom is 0.321 e. The third-order valence-corrected chi connectivity index (χ3v) is 5.64. The highest BCUT2D eigenvalue weighted by Gasteiger charge is 2.21. The second-order valence-corrected chi connectivity index (χ2v) is 7.94. The molecule has 1 N–H and O–H groups in total. The lowest BCUT2D eigenvalue weighted by atomic mass is 10.2. The Labute approximate surface area is 184 Å². The van der Waals surface area contributed by atoms with Gasteiger partial charge in [0, 0.05) is 70.1 Å². The fourth-order valence-electron chi connectivity index (χ4n) is 3.81.